The molecule has 5 aromatic rings. The average Bonchev–Trinajstić information content (AvgIpc) is 3.42. The van der Waals surface area contributed by atoms with Crippen LogP contribution in [-0.2, 0) is 13.1 Å². The smallest absolute Gasteiger partial charge is 0.255 e. The largest absolute Gasteiger partial charge is 0.496 e. The molecule has 4 N–H and O–H groups in total. The summed E-state index contributed by atoms with van der Waals surface area (Å²) < 4.78 is 7.17. The van der Waals surface area contributed by atoms with Gasteiger partial charge in [-0.15, -0.1) is 0 Å². The van der Waals surface area contributed by atoms with E-state index in [1.165, 1.54) is 6.33 Å². The fourth-order valence-corrected chi connectivity index (χ4v) is 4.11. The number of benzene rings is 2. The number of methoxy groups -OCH3 is 1. The number of halogens is 1. The second-order valence-electron chi connectivity index (χ2n) is 7.51. The lowest BCUT2D eigenvalue weighted by Gasteiger charge is -2.08. The number of fused-ring (bicyclic) bond motifs is 2. The van der Waals surface area contributed by atoms with Crippen molar-refractivity contribution in [1.82, 2.24) is 29.8 Å². The SMILES string of the molecule is COc1ccccc1C(=O)NCc1cc2cc(Cl)cc(Cn3cnc4c(N)ncnc43)c2[nH]1. The molecule has 0 unspecified atom stereocenters. The van der Waals surface area contributed by atoms with Crippen molar-refractivity contribution in [1.29, 1.82) is 0 Å². The maximum atomic E-state index is 12.6. The van der Waals surface area contributed by atoms with Gasteiger partial charge in [-0.3, -0.25) is 4.79 Å². The highest BCUT2D eigenvalue weighted by atomic mass is 35.5. The first-order chi connectivity index (χ1) is 16.0. The first kappa shape index (κ1) is 20.8. The van der Waals surface area contributed by atoms with Crippen molar-refractivity contribution in [3.8, 4) is 5.75 Å². The van der Waals surface area contributed by atoms with Gasteiger partial charge >= 0.3 is 0 Å². The summed E-state index contributed by atoms with van der Waals surface area (Å²) in [7, 11) is 1.54. The zero-order valence-corrected chi connectivity index (χ0v) is 18.4. The van der Waals surface area contributed by atoms with Crippen LogP contribution in [-0.4, -0.2) is 37.5 Å². The Hall–Kier alpha value is -4.11. The van der Waals surface area contributed by atoms with Crippen LogP contribution < -0.4 is 15.8 Å². The van der Waals surface area contributed by atoms with Crippen LogP contribution in [0.4, 0.5) is 5.82 Å². The van der Waals surface area contributed by atoms with Crippen molar-refractivity contribution in [3.63, 3.8) is 0 Å². The van der Waals surface area contributed by atoms with E-state index < -0.39 is 0 Å². The minimum Gasteiger partial charge on any atom is -0.496 e. The second-order valence-corrected chi connectivity index (χ2v) is 7.95. The third-order valence-electron chi connectivity index (χ3n) is 5.39. The van der Waals surface area contributed by atoms with E-state index in [0.717, 1.165) is 22.2 Å². The first-order valence-electron chi connectivity index (χ1n) is 10.2. The van der Waals surface area contributed by atoms with E-state index in [1.54, 1.807) is 31.6 Å². The molecule has 0 aliphatic heterocycles. The van der Waals surface area contributed by atoms with Gasteiger partial charge in [0.2, 0.25) is 0 Å². The molecule has 10 heteroatoms. The van der Waals surface area contributed by atoms with Gasteiger partial charge in [-0.25, -0.2) is 15.0 Å². The molecule has 0 aliphatic rings. The van der Waals surface area contributed by atoms with E-state index in [0.29, 0.717) is 46.4 Å². The zero-order chi connectivity index (χ0) is 22.9. The number of nitrogens with two attached hydrogens (primary N) is 1. The molecule has 33 heavy (non-hydrogen) atoms. The minimum absolute atomic E-state index is 0.216. The third-order valence-corrected chi connectivity index (χ3v) is 5.61. The summed E-state index contributed by atoms with van der Waals surface area (Å²) in [6.07, 6.45) is 3.10. The zero-order valence-electron chi connectivity index (χ0n) is 17.7. The number of aromatic nitrogens is 5. The van der Waals surface area contributed by atoms with Gasteiger partial charge in [0.1, 0.15) is 17.6 Å². The number of nitrogens with one attached hydrogen (secondary N) is 2. The third kappa shape index (κ3) is 3.94. The lowest BCUT2D eigenvalue weighted by atomic mass is 10.1. The van der Waals surface area contributed by atoms with Crippen LogP contribution in [0.25, 0.3) is 22.1 Å². The van der Waals surface area contributed by atoms with Gasteiger partial charge in [0, 0.05) is 16.1 Å². The molecular formula is C23H20ClN7O2. The average molecular weight is 462 g/mol. The Labute approximate surface area is 193 Å². The Bertz CT molecular complexity index is 1490. The highest BCUT2D eigenvalue weighted by Crippen LogP contribution is 2.27. The highest BCUT2D eigenvalue weighted by Gasteiger charge is 2.14. The molecule has 166 valence electrons. The second kappa shape index (κ2) is 8.44. The molecule has 0 fully saturated rings. The molecule has 0 aliphatic carbocycles. The van der Waals surface area contributed by atoms with Crippen molar-refractivity contribution in [3.05, 3.63) is 77.0 Å². The Morgan fingerprint density at radius 2 is 2.06 bits per heavy atom. The van der Waals surface area contributed by atoms with Gasteiger partial charge < -0.3 is 25.3 Å². The molecule has 0 spiro atoms. The molecule has 0 saturated carbocycles. The molecule has 9 nitrogen and oxygen atoms in total. The predicted octanol–water partition coefficient (Wildman–Crippen LogP) is 3.53. The summed E-state index contributed by atoms with van der Waals surface area (Å²) in [4.78, 5) is 28.7. The quantitative estimate of drug-likeness (QED) is 0.355. The molecule has 0 bridgehead atoms. The lowest BCUT2D eigenvalue weighted by Crippen LogP contribution is -2.23. The molecule has 0 atom stereocenters. The van der Waals surface area contributed by atoms with Crippen LogP contribution >= 0.6 is 11.6 Å². The number of nitrogen functional groups attached to an aromatic ring is 1. The van der Waals surface area contributed by atoms with Crippen molar-refractivity contribution in [2.75, 3.05) is 12.8 Å². The van der Waals surface area contributed by atoms with Gasteiger partial charge in [-0.05, 0) is 35.9 Å². The summed E-state index contributed by atoms with van der Waals surface area (Å²) in [6.45, 7) is 0.803. The Morgan fingerprint density at radius 1 is 1.21 bits per heavy atom. The summed E-state index contributed by atoms with van der Waals surface area (Å²) in [5.74, 6) is 0.646. The molecule has 3 aromatic heterocycles. The number of carbonyl (C=O) groups excluding carboxylic acids is 1. The number of nitrogens with zero attached hydrogens (tertiary/aromatic N) is 4. The normalized spacial score (nSPS) is 11.2. The fourth-order valence-electron chi connectivity index (χ4n) is 3.86. The van der Waals surface area contributed by atoms with Gasteiger partial charge in [-0.1, -0.05) is 23.7 Å². The number of hydrogen-bond donors (Lipinski definition) is 3. The number of H-pyrrole nitrogens is 1. The molecular weight excluding hydrogens is 442 g/mol. The Balaban J connectivity index is 1.42. The van der Waals surface area contributed by atoms with E-state index in [-0.39, 0.29) is 5.91 Å². The number of carbonyl (C=O) groups is 1. The van der Waals surface area contributed by atoms with E-state index >= 15 is 0 Å². The van der Waals surface area contributed by atoms with E-state index in [9.17, 15) is 4.79 Å². The van der Waals surface area contributed by atoms with Crippen molar-refractivity contribution < 1.29 is 9.53 Å². The van der Waals surface area contributed by atoms with Crippen LogP contribution in [0.3, 0.4) is 0 Å². The number of aromatic amines is 1. The number of imidazole rings is 1. The Morgan fingerprint density at radius 3 is 2.91 bits per heavy atom. The number of hydrogen-bond acceptors (Lipinski definition) is 6. The number of ether oxygens (including phenoxy) is 1. The van der Waals surface area contributed by atoms with Crippen molar-refractivity contribution in [2.24, 2.45) is 0 Å². The number of amides is 1. The first-order valence-corrected chi connectivity index (χ1v) is 10.5. The summed E-state index contributed by atoms with van der Waals surface area (Å²) in [5.41, 5.74) is 10.3. The minimum atomic E-state index is -0.216. The molecule has 5 rings (SSSR count). The van der Waals surface area contributed by atoms with E-state index in [2.05, 4.69) is 25.3 Å². The highest BCUT2D eigenvalue weighted by molar-refractivity contribution is 6.31. The summed E-state index contributed by atoms with van der Waals surface area (Å²) >= 11 is 6.39. The lowest BCUT2D eigenvalue weighted by molar-refractivity contribution is 0.0947. The van der Waals surface area contributed by atoms with Crippen LogP contribution in [0.2, 0.25) is 5.02 Å². The van der Waals surface area contributed by atoms with Crippen LogP contribution in [0.5, 0.6) is 5.75 Å². The fraction of sp³-hybridized carbons (Fsp3) is 0.130. The standard InChI is InChI=1S/C23H20ClN7O2/c1-33-18-5-3-2-4-17(18)23(32)26-9-16-8-13-6-15(24)7-14(19(13)30-16)10-31-12-29-20-21(25)27-11-28-22(20)31/h2-8,11-12,30H,9-10H2,1H3,(H,26,32)(H2,25,27,28). The van der Waals surface area contributed by atoms with Crippen LogP contribution in [0.1, 0.15) is 21.6 Å². The predicted molar refractivity (Wildman–Crippen MR) is 126 cm³/mol. The maximum absolute atomic E-state index is 12.6. The topological polar surface area (TPSA) is 124 Å². The molecule has 0 saturated heterocycles. The maximum Gasteiger partial charge on any atom is 0.255 e. The number of rotatable bonds is 6. The summed E-state index contributed by atoms with van der Waals surface area (Å²) in [5, 5.41) is 4.48. The number of para-hydroxylation sites is 1. The van der Waals surface area contributed by atoms with Crippen LogP contribution in [0.15, 0.2) is 55.1 Å². The van der Waals surface area contributed by atoms with E-state index in [4.69, 9.17) is 22.1 Å². The van der Waals surface area contributed by atoms with E-state index in [1.807, 2.05) is 28.8 Å². The van der Waals surface area contributed by atoms with Gasteiger partial charge in [-0.2, -0.15) is 0 Å². The number of anilines is 1. The monoisotopic (exact) mass is 461 g/mol. The van der Waals surface area contributed by atoms with Gasteiger partial charge in [0.05, 0.1) is 37.6 Å². The van der Waals surface area contributed by atoms with Crippen LogP contribution in [0, 0.1) is 0 Å². The Kier molecular flexibility index (Phi) is 5.31. The van der Waals surface area contributed by atoms with Gasteiger partial charge in [0.25, 0.3) is 5.91 Å². The van der Waals surface area contributed by atoms with Crippen molar-refractivity contribution >= 4 is 45.4 Å². The molecule has 2 aromatic carbocycles. The van der Waals surface area contributed by atoms with Crippen molar-refractivity contribution in [2.45, 2.75) is 13.1 Å². The molecule has 3 heterocycles. The molecule has 1 amide bonds. The molecule has 0 radical (unpaired) electrons. The van der Waals surface area contributed by atoms with Gasteiger partial charge in [0.15, 0.2) is 11.5 Å². The summed E-state index contributed by atoms with van der Waals surface area (Å²) in [6, 6.07) is 12.9.